The lowest BCUT2D eigenvalue weighted by Gasteiger charge is -1.98. The number of nitrogens with two attached hydrogens (primary N) is 1. The van der Waals surface area contributed by atoms with Gasteiger partial charge in [0, 0.05) is 18.9 Å². The maximum atomic E-state index is 5.87. The number of hydrogen-bond donors (Lipinski definition) is 1. The van der Waals surface area contributed by atoms with Crippen LogP contribution in [0.25, 0.3) is 5.78 Å². The van der Waals surface area contributed by atoms with Gasteiger partial charge in [-0.1, -0.05) is 11.6 Å². The van der Waals surface area contributed by atoms with E-state index in [0.717, 1.165) is 11.3 Å². The molecule has 0 radical (unpaired) electrons. The summed E-state index contributed by atoms with van der Waals surface area (Å²) in [5.74, 6) is 0.594. The Kier molecular flexibility index (Phi) is 1.94. The molecule has 4 nitrogen and oxygen atoms in total. The first-order valence-electron chi connectivity index (χ1n) is 3.91. The van der Waals surface area contributed by atoms with E-state index in [1.807, 2.05) is 17.5 Å². The van der Waals surface area contributed by atoms with Crippen molar-refractivity contribution in [2.45, 2.75) is 13.5 Å². The normalized spacial score (nSPS) is 11.0. The Morgan fingerprint density at radius 3 is 3.08 bits per heavy atom. The summed E-state index contributed by atoms with van der Waals surface area (Å²) in [6.07, 6.45) is 3.67. The first kappa shape index (κ1) is 8.47. The Morgan fingerprint density at radius 1 is 1.62 bits per heavy atom. The first-order valence-corrected chi connectivity index (χ1v) is 4.29. The van der Waals surface area contributed by atoms with E-state index in [1.54, 1.807) is 6.20 Å². The van der Waals surface area contributed by atoms with Gasteiger partial charge in [0.25, 0.3) is 0 Å². The van der Waals surface area contributed by atoms with Gasteiger partial charge in [-0.25, -0.2) is 4.98 Å². The molecule has 0 bridgehead atoms. The van der Waals surface area contributed by atoms with Gasteiger partial charge in [-0.3, -0.25) is 4.40 Å². The molecule has 0 aliphatic heterocycles. The number of hydrogen-bond acceptors (Lipinski definition) is 3. The minimum atomic E-state index is 0.366. The molecule has 2 aromatic heterocycles. The van der Waals surface area contributed by atoms with Crippen molar-refractivity contribution in [2.24, 2.45) is 5.73 Å². The monoisotopic (exact) mass is 196 g/mol. The molecular weight excluding hydrogens is 188 g/mol. The van der Waals surface area contributed by atoms with Crippen molar-refractivity contribution in [2.75, 3.05) is 0 Å². The van der Waals surface area contributed by atoms with Crippen molar-refractivity contribution in [3.05, 3.63) is 28.8 Å². The highest BCUT2D eigenvalue weighted by Crippen LogP contribution is 2.15. The second-order valence-corrected chi connectivity index (χ2v) is 3.21. The molecule has 0 aliphatic carbocycles. The topological polar surface area (TPSA) is 56.2 Å². The third-order valence-electron chi connectivity index (χ3n) is 1.85. The summed E-state index contributed by atoms with van der Waals surface area (Å²) >= 11 is 5.87. The summed E-state index contributed by atoms with van der Waals surface area (Å²) in [7, 11) is 0. The number of fused-ring (bicyclic) bond motifs is 1. The Balaban J connectivity index is 2.80. The summed E-state index contributed by atoms with van der Waals surface area (Å²) < 4.78 is 1.82. The second kappa shape index (κ2) is 2.97. The van der Waals surface area contributed by atoms with Crippen molar-refractivity contribution < 1.29 is 0 Å². The minimum Gasteiger partial charge on any atom is -0.325 e. The van der Waals surface area contributed by atoms with Crippen LogP contribution >= 0.6 is 11.6 Å². The van der Waals surface area contributed by atoms with Gasteiger partial charge < -0.3 is 5.73 Å². The number of aryl methyl sites for hydroxylation is 1. The summed E-state index contributed by atoms with van der Waals surface area (Å²) in [6, 6.07) is 0. The summed E-state index contributed by atoms with van der Waals surface area (Å²) in [5, 5.41) is 0.431. The predicted octanol–water partition coefficient (Wildman–Crippen LogP) is 1.15. The van der Waals surface area contributed by atoms with Crippen LogP contribution in [0.2, 0.25) is 5.15 Å². The smallest absolute Gasteiger partial charge is 0.235 e. The largest absolute Gasteiger partial charge is 0.325 e. The predicted molar refractivity (Wildman–Crippen MR) is 50.6 cm³/mol. The highest BCUT2D eigenvalue weighted by Gasteiger charge is 2.08. The van der Waals surface area contributed by atoms with E-state index in [-0.39, 0.29) is 0 Å². The van der Waals surface area contributed by atoms with Gasteiger partial charge in [0.2, 0.25) is 5.78 Å². The van der Waals surface area contributed by atoms with Crippen LogP contribution in [0.15, 0.2) is 12.4 Å². The molecule has 0 aromatic carbocycles. The van der Waals surface area contributed by atoms with Crippen molar-refractivity contribution in [3.8, 4) is 0 Å². The van der Waals surface area contributed by atoms with Gasteiger partial charge in [0.1, 0.15) is 0 Å². The summed E-state index contributed by atoms with van der Waals surface area (Å²) in [6.45, 7) is 2.33. The van der Waals surface area contributed by atoms with Gasteiger partial charge in [-0.2, -0.15) is 4.98 Å². The average Bonchev–Trinajstić information content (AvgIpc) is 2.40. The third kappa shape index (κ3) is 1.28. The summed E-state index contributed by atoms with van der Waals surface area (Å²) in [4.78, 5) is 8.18. The highest BCUT2D eigenvalue weighted by molar-refractivity contribution is 6.30. The van der Waals surface area contributed by atoms with Crippen molar-refractivity contribution in [1.82, 2.24) is 14.4 Å². The SMILES string of the molecule is Cc1cnc2nc(Cl)c(CN)n2c1. The molecule has 2 aromatic rings. The quantitative estimate of drug-likeness (QED) is 0.745. The molecule has 2 rings (SSSR count). The maximum absolute atomic E-state index is 5.87. The summed E-state index contributed by atoms with van der Waals surface area (Å²) in [5.41, 5.74) is 7.39. The fourth-order valence-electron chi connectivity index (χ4n) is 1.23. The molecule has 0 aliphatic rings. The number of halogens is 1. The molecule has 0 unspecified atom stereocenters. The van der Waals surface area contributed by atoms with Gasteiger partial charge in [-0.15, -0.1) is 0 Å². The van der Waals surface area contributed by atoms with Crippen LogP contribution in [0.4, 0.5) is 0 Å². The molecule has 0 amide bonds. The number of nitrogens with zero attached hydrogens (tertiary/aromatic N) is 3. The number of rotatable bonds is 1. The molecular formula is C8H9ClN4. The van der Waals surface area contributed by atoms with E-state index < -0.39 is 0 Å². The molecule has 2 heterocycles. The lowest BCUT2D eigenvalue weighted by molar-refractivity contribution is 0.940. The Labute approximate surface area is 80.4 Å². The standard InChI is InChI=1S/C8H9ClN4/c1-5-3-11-8-12-7(9)6(2-10)13(8)4-5/h3-4H,2,10H2,1H3. The molecule has 0 spiro atoms. The molecule has 13 heavy (non-hydrogen) atoms. The van der Waals surface area contributed by atoms with Crippen LogP contribution in [0.3, 0.4) is 0 Å². The zero-order valence-electron chi connectivity index (χ0n) is 7.16. The van der Waals surface area contributed by atoms with Gasteiger partial charge in [0.15, 0.2) is 5.15 Å². The van der Waals surface area contributed by atoms with Crippen molar-refractivity contribution >= 4 is 17.4 Å². The molecule has 0 saturated heterocycles. The average molecular weight is 197 g/mol. The lowest BCUT2D eigenvalue weighted by atomic mass is 10.4. The van der Waals surface area contributed by atoms with Crippen LogP contribution in [-0.4, -0.2) is 14.4 Å². The molecule has 0 saturated carbocycles. The van der Waals surface area contributed by atoms with Gasteiger partial charge in [0.05, 0.1) is 5.69 Å². The second-order valence-electron chi connectivity index (χ2n) is 2.85. The third-order valence-corrected chi connectivity index (χ3v) is 2.15. The van der Waals surface area contributed by atoms with Gasteiger partial charge >= 0.3 is 0 Å². The van der Waals surface area contributed by atoms with E-state index in [0.29, 0.717) is 17.5 Å². The molecule has 68 valence electrons. The fourth-order valence-corrected chi connectivity index (χ4v) is 1.48. The van der Waals surface area contributed by atoms with Crippen LogP contribution in [0.1, 0.15) is 11.3 Å². The van der Waals surface area contributed by atoms with Crippen LogP contribution in [0.5, 0.6) is 0 Å². The Hall–Kier alpha value is -1.13. The maximum Gasteiger partial charge on any atom is 0.235 e. The Morgan fingerprint density at radius 2 is 2.38 bits per heavy atom. The van der Waals surface area contributed by atoms with E-state index in [2.05, 4.69) is 9.97 Å². The Bertz CT molecular complexity index is 449. The highest BCUT2D eigenvalue weighted by atomic mass is 35.5. The van der Waals surface area contributed by atoms with E-state index >= 15 is 0 Å². The molecule has 2 N–H and O–H groups in total. The lowest BCUT2D eigenvalue weighted by Crippen LogP contribution is -2.02. The van der Waals surface area contributed by atoms with Gasteiger partial charge in [-0.05, 0) is 12.5 Å². The van der Waals surface area contributed by atoms with Crippen LogP contribution in [0, 0.1) is 6.92 Å². The van der Waals surface area contributed by atoms with Crippen LogP contribution < -0.4 is 5.73 Å². The van der Waals surface area contributed by atoms with Crippen LogP contribution in [-0.2, 0) is 6.54 Å². The number of aromatic nitrogens is 3. The fraction of sp³-hybridized carbons (Fsp3) is 0.250. The zero-order valence-corrected chi connectivity index (χ0v) is 7.91. The number of imidazole rings is 1. The van der Waals surface area contributed by atoms with Crippen molar-refractivity contribution in [3.63, 3.8) is 0 Å². The minimum absolute atomic E-state index is 0.366. The molecule has 0 fully saturated rings. The first-order chi connectivity index (χ1) is 6.22. The van der Waals surface area contributed by atoms with E-state index in [4.69, 9.17) is 17.3 Å². The zero-order chi connectivity index (χ0) is 9.42. The van der Waals surface area contributed by atoms with E-state index in [1.165, 1.54) is 0 Å². The van der Waals surface area contributed by atoms with Crippen molar-refractivity contribution in [1.29, 1.82) is 0 Å². The van der Waals surface area contributed by atoms with E-state index in [9.17, 15) is 0 Å². The molecule has 5 heteroatoms. The molecule has 0 atom stereocenters.